The average Bonchev–Trinajstić information content (AvgIpc) is 2.41. The standard InChI is InChI=1S/C13H25N3O2/c1-2-16-7-8-18-12(9-16)13(17)15-11-6-4-3-5-10(11)14/h10-12H,2-9,14H2,1H3,(H,15,17)/t10-,11-,12+/m1/s1. The molecule has 2 fully saturated rings. The summed E-state index contributed by atoms with van der Waals surface area (Å²) in [6, 6.07) is 0.237. The smallest absolute Gasteiger partial charge is 0.250 e. The molecule has 1 heterocycles. The van der Waals surface area contributed by atoms with Crippen LogP contribution in [0.5, 0.6) is 0 Å². The van der Waals surface area contributed by atoms with Crippen molar-refractivity contribution in [2.75, 3.05) is 26.2 Å². The van der Waals surface area contributed by atoms with Crippen LogP contribution in [-0.2, 0) is 9.53 Å². The van der Waals surface area contributed by atoms with Crippen LogP contribution in [0.3, 0.4) is 0 Å². The number of amides is 1. The van der Waals surface area contributed by atoms with Gasteiger partial charge >= 0.3 is 0 Å². The molecule has 3 atom stereocenters. The molecule has 0 aromatic rings. The van der Waals surface area contributed by atoms with E-state index in [1.807, 2.05) is 0 Å². The second-order valence-corrected chi connectivity index (χ2v) is 5.32. The van der Waals surface area contributed by atoms with Crippen molar-refractivity contribution in [2.24, 2.45) is 5.73 Å². The molecule has 1 amide bonds. The fraction of sp³-hybridized carbons (Fsp3) is 0.923. The van der Waals surface area contributed by atoms with Gasteiger partial charge in [-0.3, -0.25) is 9.69 Å². The minimum Gasteiger partial charge on any atom is -0.366 e. The van der Waals surface area contributed by atoms with E-state index in [0.717, 1.165) is 32.4 Å². The van der Waals surface area contributed by atoms with Gasteiger partial charge in [0.05, 0.1) is 6.61 Å². The highest BCUT2D eigenvalue weighted by Crippen LogP contribution is 2.17. The number of likely N-dealkylation sites (N-methyl/N-ethyl adjacent to an activating group) is 1. The van der Waals surface area contributed by atoms with Crippen LogP contribution in [0.2, 0.25) is 0 Å². The largest absolute Gasteiger partial charge is 0.366 e. The average molecular weight is 255 g/mol. The van der Waals surface area contributed by atoms with E-state index in [2.05, 4.69) is 17.1 Å². The first-order valence-corrected chi connectivity index (χ1v) is 7.10. The molecule has 1 saturated carbocycles. The third kappa shape index (κ3) is 3.43. The molecule has 5 heteroatoms. The molecular formula is C13H25N3O2. The number of carbonyl (C=O) groups is 1. The summed E-state index contributed by atoms with van der Waals surface area (Å²) in [5, 5.41) is 3.07. The molecular weight excluding hydrogens is 230 g/mol. The highest BCUT2D eigenvalue weighted by Gasteiger charge is 2.30. The van der Waals surface area contributed by atoms with Gasteiger partial charge in [-0.05, 0) is 19.4 Å². The van der Waals surface area contributed by atoms with E-state index in [4.69, 9.17) is 10.5 Å². The summed E-state index contributed by atoms with van der Waals surface area (Å²) < 4.78 is 5.55. The molecule has 1 aliphatic heterocycles. The second kappa shape index (κ2) is 6.50. The van der Waals surface area contributed by atoms with Crippen molar-refractivity contribution in [2.45, 2.75) is 50.8 Å². The lowest BCUT2D eigenvalue weighted by atomic mass is 9.91. The van der Waals surface area contributed by atoms with Gasteiger partial charge in [-0.2, -0.15) is 0 Å². The quantitative estimate of drug-likeness (QED) is 0.750. The van der Waals surface area contributed by atoms with Crippen LogP contribution in [0.1, 0.15) is 32.6 Å². The maximum Gasteiger partial charge on any atom is 0.250 e. The van der Waals surface area contributed by atoms with Crippen molar-refractivity contribution >= 4 is 5.91 Å². The predicted molar refractivity (Wildman–Crippen MR) is 70.2 cm³/mol. The zero-order valence-electron chi connectivity index (χ0n) is 11.2. The third-order valence-corrected chi connectivity index (χ3v) is 4.04. The third-order valence-electron chi connectivity index (χ3n) is 4.04. The molecule has 2 rings (SSSR count). The van der Waals surface area contributed by atoms with Gasteiger partial charge in [-0.15, -0.1) is 0 Å². The Labute approximate surface area is 109 Å². The van der Waals surface area contributed by atoms with E-state index >= 15 is 0 Å². The highest BCUT2D eigenvalue weighted by molar-refractivity contribution is 5.81. The normalized spacial score (nSPS) is 34.2. The van der Waals surface area contributed by atoms with Gasteiger partial charge in [-0.25, -0.2) is 0 Å². The molecule has 0 unspecified atom stereocenters. The Hall–Kier alpha value is -0.650. The lowest BCUT2D eigenvalue weighted by Crippen LogP contribution is -2.55. The number of nitrogens with two attached hydrogens (primary N) is 1. The van der Waals surface area contributed by atoms with Crippen LogP contribution in [0, 0.1) is 0 Å². The summed E-state index contributed by atoms with van der Waals surface area (Å²) in [6.45, 7) is 5.34. The maximum atomic E-state index is 12.2. The summed E-state index contributed by atoms with van der Waals surface area (Å²) in [5.41, 5.74) is 6.04. The summed E-state index contributed by atoms with van der Waals surface area (Å²) in [4.78, 5) is 14.4. The van der Waals surface area contributed by atoms with Crippen LogP contribution >= 0.6 is 0 Å². The molecule has 1 saturated heterocycles. The Morgan fingerprint density at radius 1 is 1.44 bits per heavy atom. The minimum absolute atomic E-state index is 0.00972. The first-order chi connectivity index (χ1) is 8.70. The van der Waals surface area contributed by atoms with Crippen molar-refractivity contribution < 1.29 is 9.53 Å². The molecule has 0 aromatic heterocycles. The number of morpholine rings is 1. The van der Waals surface area contributed by atoms with Crippen LogP contribution in [0.25, 0.3) is 0 Å². The zero-order chi connectivity index (χ0) is 13.0. The van der Waals surface area contributed by atoms with Crippen LogP contribution < -0.4 is 11.1 Å². The zero-order valence-corrected chi connectivity index (χ0v) is 11.2. The van der Waals surface area contributed by atoms with E-state index in [1.54, 1.807) is 0 Å². The molecule has 2 aliphatic rings. The Balaban J connectivity index is 1.83. The molecule has 1 aliphatic carbocycles. The Morgan fingerprint density at radius 3 is 2.94 bits per heavy atom. The number of hydrogen-bond acceptors (Lipinski definition) is 4. The summed E-state index contributed by atoms with van der Waals surface area (Å²) in [5.74, 6) is 0.00972. The lowest BCUT2D eigenvalue weighted by Gasteiger charge is -2.34. The van der Waals surface area contributed by atoms with Gasteiger partial charge < -0.3 is 15.8 Å². The molecule has 5 nitrogen and oxygen atoms in total. The Kier molecular flexibility index (Phi) is 4.97. The van der Waals surface area contributed by atoms with Crippen LogP contribution in [-0.4, -0.2) is 55.2 Å². The first kappa shape index (κ1) is 13.8. The highest BCUT2D eigenvalue weighted by atomic mass is 16.5. The second-order valence-electron chi connectivity index (χ2n) is 5.32. The Morgan fingerprint density at radius 2 is 2.22 bits per heavy atom. The van der Waals surface area contributed by atoms with Crippen molar-refractivity contribution in [3.63, 3.8) is 0 Å². The van der Waals surface area contributed by atoms with Crippen LogP contribution in [0.4, 0.5) is 0 Å². The van der Waals surface area contributed by atoms with E-state index < -0.39 is 0 Å². The molecule has 3 N–H and O–H groups in total. The number of rotatable bonds is 3. The van der Waals surface area contributed by atoms with E-state index in [9.17, 15) is 4.79 Å². The van der Waals surface area contributed by atoms with Gasteiger partial charge in [0.2, 0.25) is 0 Å². The first-order valence-electron chi connectivity index (χ1n) is 7.10. The van der Waals surface area contributed by atoms with Crippen molar-refractivity contribution in [1.82, 2.24) is 10.2 Å². The molecule has 0 radical (unpaired) electrons. The lowest BCUT2D eigenvalue weighted by molar-refractivity contribution is -0.139. The predicted octanol–water partition coefficient (Wildman–Crippen LogP) is 0.0932. The Bertz CT molecular complexity index is 285. The number of ether oxygens (including phenoxy) is 1. The molecule has 0 bridgehead atoms. The fourth-order valence-electron chi connectivity index (χ4n) is 2.76. The monoisotopic (exact) mass is 255 g/mol. The molecule has 0 aromatic carbocycles. The number of carbonyl (C=O) groups excluding carboxylic acids is 1. The molecule has 0 spiro atoms. The molecule has 104 valence electrons. The van der Waals surface area contributed by atoms with Gasteiger partial charge in [0.15, 0.2) is 0 Å². The van der Waals surface area contributed by atoms with E-state index in [-0.39, 0.29) is 24.1 Å². The summed E-state index contributed by atoms with van der Waals surface area (Å²) in [7, 11) is 0. The van der Waals surface area contributed by atoms with Crippen LogP contribution in [0.15, 0.2) is 0 Å². The fourth-order valence-corrected chi connectivity index (χ4v) is 2.76. The van der Waals surface area contributed by atoms with Crippen molar-refractivity contribution in [1.29, 1.82) is 0 Å². The van der Waals surface area contributed by atoms with Crippen molar-refractivity contribution in [3.8, 4) is 0 Å². The van der Waals surface area contributed by atoms with E-state index in [1.165, 1.54) is 6.42 Å². The van der Waals surface area contributed by atoms with Gasteiger partial charge in [0.1, 0.15) is 6.10 Å². The maximum absolute atomic E-state index is 12.2. The number of nitrogens with zero attached hydrogens (tertiary/aromatic N) is 1. The summed E-state index contributed by atoms with van der Waals surface area (Å²) in [6.07, 6.45) is 4.02. The number of hydrogen-bond donors (Lipinski definition) is 2. The minimum atomic E-state index is -0.326. The van der Waals surface area contributed by atoms with Crippen molar-refractivity contribution in [3.05, 3.63) is 0 Å². The topological polar surface area (TPSA) is 67.6 Å². The summed E-state index contributed by atoms with van der Waals surface area (Å²) >= 11 is 0. The number of nitrogens with one attached hydrogen (secondary N) is 1. The SMILES string of the molecule is CCN1CCO[C@H](C(=O)N[C@@H]2CCCC[C@H]2N)C1. The van der Waals surface area contributed by atoms with Gasteiger partial charge in [0, 0.05) is 25.2 Å². The van der Waals surface area contributed by atoms with Gasteiger partial charge in [0.25, 0.3) is 5.91 Å². The van der Waals surface area contributed by atoms with E-state index in [0.29, 0.717) is 13.2 Å². The van der Waals surface area contributed by atoms with Gasteiger partial charge in [-0.1, -0.05) is 19.8 Å². The molecule has 18 heavy (non-hydrogen) atoms.